The summed E-state index contributed by atoms with van der Waals surface area (Å²) >= 11 is 0. The van der Waals surface area contributed by atoms with Crippen molar-refractivity contribution in [3.63, 3.8) is 0 Å². The highest BCUT2D eigenvalue weighted by Crippen LogP contribution is 2.50. The van der Waals surface area contributed by atoms with Gasteiger partial charge in [0.15, 0.2) is 17.3 Å². The number of halogens is 3. The number of carbonyl (C=O) groups excluding carboxylic acids is 2. The minimum absolute atomic E-state index is 0.190. The monoisotopic (exact) mass is 475 g/mol. The molecule has 0 bridgehead atoms. The fraction of sp³-hybridized carbons (Fsp3) is 0.360. The molecule has 0 radical (unpaired) electrons. The minimum atomic E-state index is -4.65. The van der Waals surface area contributed by atoms with Crippen LogP contribution in [0.15, 0.2) is 47.7 Å². The van der Waals surface area contributed by atoms with E-state index in [0.717, 1.165) is 11.0 Å². The maximum absolute atomic E-state index is 13.8. The fourth-order valence-electron chi connectivity index (χ4n) is 4.85. The molecule has 2 aliphatic rings. The SMILES string of the molecule is COc1ccc(C2CC(=O)N(c3ccccc3C(F)(F)F)C3=C2C(=O)CCC3)c(OC)c1OC. The molecule has 0 saturated heterocycles. The molecule has 0 saturated carbocycles. The summed E-state index contributed by atoms with van der Waals surface area (Å²) < 4.78 is 57.6. The van der Waals surface area contributed by atoms with E-state index in [-0.39, 0.29) is 24.3 Å². The number of carbonyl (C=O) groups is 2. The third kappa shape index (κ3) is 3.89. The van der Waals surface area contributed by atoms with Crippen LogP contribution in [0.2, 0.25) is 0 Å². The Morgan fingerprint density at radius 3 is 2.26 bits per heavy atom. The van der Waals surface area contributed by atoms with Crippen molar-refractivity contribution in [1.82, 2.24) is 0 Å². The van der Waals surface area contributed by atoms with E-state index in [1.165, 1.54) is 39.5 Å². The second kappa shape index (κ2) is 9.04. The highest BCUT2D eigenvalue weighted by Gasteiger charge is 2.44. The van der Waals surface area contributed by atoms with E-state index >= 15 is 0 Å². The number of ether oxygens (including phenoxy) is 3. The van der Waals surface area contributed by atoms with Gasteiger partial charge in [0, 0.05) is 35.6 Å². The maximum atomic E-state index is 13.8. The highest BCUT2D eigenvalue weighted by molar-refractivity contribution is 6.08. The maximum Gasteiger partial charge on any atom is 0.418 e. The second-order valence-electron chi connectivity index (χ2n) is 8.06. The topological polar surface area (TPSA) is 65.1 Å². The van der Waals surface area contributed by atoms with Crippen molar-refractivity contribution >= 4 is 17.4 Å². The largest absolute Gasteiger partial charge is 0.493 e. The minimum Gasteiger partial charge on any atom is -0.493 e. The molecule has 0 N–H and O–H groups in total. The molecule has 0 fully saturated rings. The first-order valence-corrected chi connectivity index (χ1v) is 10.8. The first-order valence-electron chi connectivity index (χ1n) is 10.8. The molecule has 2 aromatic rings. The van der Waals surface area contributed by atoms with E-state index in [4.69, 9.17) is 14.2 Å². The number of para-hydroxylation sites is 1. The number of anilines is 1. The second-order valence-corrected chi connectivity index (χ2v) is 8.06. The van der Waals surface area contributed by atoms with E-state index < -0.39 is 23.6 Å². The Morgan fingerprint density at radius 2 is 1.62 bits per heavy atom. The van der Waals surface area contributed by atoms with Gasteiger partial charge in [0.1, 0.15) is 0 Å². The fourth-order valence-corrected chi connectivity index (χ4v) is 4.85. The molecule has 6 nitrogen and oxygen atoms in total. The molecule has 1 atom stereocenters. The Bertz CT molecular complexity index is 1170. The van der Waals surface area contributed by atoms with Crippen LogP contribution >= 0.6 is 0 Å². The molecule has 0 aromatic heterocycles. The third-order valence-corrected chi connectivity index (χ3v) is 6.24. The van der Waals surface area contributed by atoms with E-state index in [0.29, 0.717) is 46.9 Å². The van der Waals surface area contributed by atoms with Gasteiger partial charge in [-0.05, 0) is 31.0 Å². The van der Waals surface area contributed by atoms with Crippen molar-refractivity contribution in [3.8, 4) is 17.2 Å². The standard InChI is InChI=1S/C25H24F3NO5/c1-32-20-12-11-14(23(33-2)24(20)34-3)15-13-21(31)29(18-9-6-10-19(30)22(15)18)17-8-5-4-7-16(17)25(26,27)28/h4-5,7-8,11-12,15H,6,9-10,13H2,1-3H3. The van der Waals surface area contributed by atoms with Gasteiger partial charge in [-0.25, -0.2) is 0 Å². The number of ketones is 1. The van der Waals surface area contributed by atoms with Crippen molar-refractivity contribution in [2.45, 2.75) is 37.8 Å². The zero-order valence-electron chi connectivity index (χ0n) is 19.0. The van der Waals surface area contributed by atoms with Crippen LogP contribution in [-0.4, -0.2) is 33.0 Å². The number of nitrogens with zero attached hydrogens (tertiary/aromatic N) is 1. The number of Topliss-reactive ketones (excluding diaryl/α,β-unsaturated/α-hetero) is 1. The summed E-state index contributed by atoms with van der Waals surface area (Å²) in [5.74, 6) is -0.356. The smallest absolute Gasteiger partial charge is 0.418 e. The van der Waals surface area contributed by atoms with E-state index in [2.05, 4.69) is 0 Å². The first kappa shape index (κ1) is 23.7. The third-order valence-electron chi connectivity index (χ3n) is 6.24. The van der Waals surface area contributed by atoms with Crippen LogP contribution in [0.5, 0.6) is 17.2 Å². The van der Waals surface area contributed by atoms with Crippen molar-refractivity contribution < 1.29 is 37.0 Å². The lowest BCUT2D eigenvalue weighted by molar-refractivity contribution is -0.137. The summed E-state index contributed by atoms with van der Waals surface area (Å²) in [5.41, 5.74) is 0.00897. The number of benzene rings is 2. The molecule has 2 aromatic carbocycles. The average molecular weight is 475 g/mol. The zero-order valence-corrected chi connectivity index (χ0v) is 19.0. The molecule has 4 rings (SSSR count). The van der Waals surface area contributed by atoms with E-state index in [9.17, 15) is 22.8 Å². The van der Waals surface area contributed by atoms with Crippen LogP contribution in [0, 0.1) is 0 Å². The van der Waals surface area contributed by atoms with Crippen molar-refractivity contribution in [1.29, 1.82) is 0 Å². The molecule has 34 heavy (non-hydrogen) atoms. The number of rotatable bonds is 5. The number of alkyl halides is 3. The Balaban J connectivity index is 1.94. The van der Waals surface area contributed by atoms with Crippen molar-refractivity contribution in [2.24, 2.45) is 0 Å². The summed E-state index contributed by atoms with van der Waals surface area (Å²) in [6.45, 7) is 0. The first-order chi connectivity index (χ1) is 16.2. The molecule has 1 aliphatic heterocycles. The molecule has 180 valence electrons. The molecule has 1 heterocycles. The number of amides is 1. The lowest BCUT2D eigenvalue weighted by atomic mass is 9.76. The summed E-state index contributed by atoms with van der Waals surface area (Å²) in [6, 6.07) is 8.29. The van der Waals surface area contributed by atoms with Crippen molar-refractivity contribution in [2.75, 3.05) is 26.2 Å². The van der Waals surface area contributed by atoms with Crippen LogP contribution in [0.1, 0.15) is 42.7 Å². The molecule has 1 unspecified atom stereocenters. The summed E-state index contributed by atoms with van der Waals surface area (Å²) in [6.07, 6.45) is -3.83. The Labute approximate surface area is 194 Å². The molecule has 1 aliphatic carbocycles. The van der Waals surface area contributed by atoms with Crippen LogP contribution in [0.25, 0.3) is 0 Å². The zero-order chi connectivity index (χ0) is 24.6. The average Bonchev–Trinajstić information content (AvgIpc) is 2.82. The lowest BCUT2D eigenvalue weighted by Crippen LogP contribution is -2.41. The summed E-state index contributed by atoms with van der Waals surface area (Å²) in [7, 11) is 4.36. The van der Waals surface area contributed by atoms with Gasteiger partial charge in [-0.15, -0.1) is 0 Å². The van der Waals surface area contributed by atoms with Gasteiger partial charge in [0.05, 0.1) is 32.6 Å². The van der Waals surface area contributed by atoms with Gasteiger partial charge in [-0.3, -0.25) is 14.5 Å². The molecular weight excluding hydrogens is 451 g/mol. The molecule has 1 amide bonds. The predicted molar refractivity (Wildman–Crippen MR) is 118 cm³/mol. The quantitative estimate of drug-likeness (QED) is 0.591. The van der Waals surface area contributed by atoms with Gasteiger partial charge in [0.25, 0.3) is 0 Å². The Kier molecular flexibility index (Phi) is 6.29. The normalized spacial score (nSPS) is 18.6. The summed E-state index contributed by atoms with van der Waals surface area (Å²) in [4.78, 5) is 27.6. The number of hydrogen-bond donors (Lipinski definition) is 0. The molecular formula is C25H24F3NO5. The highest BCUT2D eigenvalue weighted by atomic mass is 19.4. The van der Waals surface area contributed by atoms with Gasteiger partial charge >= 0.3 is 6.18 Å². The van der Waals surface area contributed by atoms with Crippen LogP contribution < -0.4 is 19.1 Å². The van der Waals surface area contributed by atoms with Crippen LogP contribution in [0.4, 0.5) is 18.9 Å². The molecule has 0 spiro atoms. The number of hydrogen-bond acceptors (Lipinski definition) is 5. The lowest BCUT2D eigenvalue weighted by Gasteiger charge is -2.39. The van der Waals surface area contributed by atoms with E-state index in [1.54, 1.807) is 12.1 Å². The van der Waals surface area contributed by atoms with Gasteiger partial charge in [-0.2, -0.15) is 13.2 Å². The summed E-state index contributed by atoms with van der Waals surface area (Å²) in [5, 5.41) is 0. The number of methoxy groups -OCH3 is 3. The van der Waals surface area contributed by atoms with Crippen LogP contribution in [-0.2, 0) is 15.8 Å². The van der Waals surface area contributed by atoms with Gasteiger partial charge in [0.2, 0.25) is 11.7 Å². The van der Waals surface area contributed by atoms with Gasteiger partial charge in [-0.1, -0.05) is 18.2 Å². The van der Waals surface area contributed by atoms with Crippen molar-refractivity contribution in [3.05, 3.63) is 58.8 Å². The number of allylic oxidation sites excluding steroid dienone is 2. The molecule has 9 heteroatoms. The van der Waals surface area contributed by atoms with Gasteiger partial charge < -0.3 is 14.2 Å². The Hall–Kier alpha value is -3.49. The van der Waals surface area contributed by atoms with Crippen LogP contribution in [0.3, 0.4) is 0 Å². The Morgan fingerprint density at radius 1 is 0.912 bits per heavy atom. The predicted octanol–water partition coefficient (Wildman–Crippen LogP) is 5.26. The van der Waals surface area contributed by atoms with E-state index in [1.807, 2.05) is 0 Å².